The molecule has 0 saturated carbocycles. The van der Waals surface area contributed by atoms with Crippen molar-refractivity contribution in [3.8, 4) is 11.1 Å². The Bertz CT molecular complexity index is 1130. The first kappa shape index (κ1) is 31.4. The fraction of sp³-hybridized carbons (Fsp3) is 0.387. The van der Waals surface area contributed by atoms with Crippen molar-refractivity contribution in [1.82, 2.24) is 10.2 Å². The molecule has 1 saturated heterocycles. The van der Waals surface area contributed by atoms with Gasteiger partial charge in [-0.05, 0) is 65.1 Å². The Hall–Kier alpha value is -3.67. The van der Waals surface area contributed by atoms with Gasteiger partial charge in [-0.25, -0.2) is 4.79 Å². The highest BCUT2D eigenvalue weighted by Gasteiger charge is 2.18. The summed E-state index contributed by atoms with van der Waals surface area (Å²) in [6, 6.07) is 18.7. The van der Waals surface area contributed by atoms with Crippen molar-refractivity contribution in [2.45, 2.75) is 54.4 Å². The lowest BCUT2D eigenvalue weighted by Crippen LogP contribution is -2.38. The van der Waals surface area contributed by atoms with Crippen LogP contribution in [0.2, 0.25) is 0 Å². The SMILES string of the molecule is CC.CC.CC.COC(=O)c1ccc2cc(-c3ccc(C(=O)NCC(=O)N4CCCC4)cc3)ccc2c1. The quantitative estimate of drug-likeness (QED) is 0.390. The Labute approximate surface area is 222 Å². The lowest BCUT2D eigenvalue weighted by atomic mass is 9.99. The van der Waals surface area contributed by atoms with Gasteiger partial charge in [-0.15, -0.1) is 0 Å². The van der Waals surface area contributed by atoms with Crippen LogP contribution in [0.4, 0.5) is 0 Å². The molecular formula is C31H42N2O4. The minimum absolute atomic E-state index is 0.0266. The Morgan fingerprint density at radius 2 is 1.24 bits per heavy atom. The van der Waals surface area contributed by atoms with Gasteiger partial charge in [0.05, 0.1) is 19.2 Å². The van der Waals surface area contributed by atoms with E-state index in [1.165, 1.54) is 7.11 Å². The number of esters is 1. The number of nitrogens with zero attached hydrogens (tertiary/aromatic N) is 1. The Kier molecular flexibility index (Phi) is 14.3. The third kappa shape index (κ3) is 8.74. The number of fused-ring (bicyclic) bond motifs is 1. The summed E-state index contributed by atoms with van der Waals surface area (Å²) in [4.78, 5) is 38.0. The molecule has 0 atom stereocenters. The van der Waals surface area contributed by atoms with Gasteiger partial charge in [0.25, 0.3) is 5.91 Å². The maximum Gasteiger partial charge on any atom is 0.337 e. The van der Waals surface area contributed by atoms with Crippen molar-refractivity contribution in [3.05, 3.63) is 71.8 Å². The average Bonchev–Trinajstić information content (AvgIpc) is 3.53. The van der Waals surface area contributed by atoms with Crippen LogP contribution in [0.25, 0.3) is 21.9 Å². The molecule has 0 unspecified atom stereocenters. The molecule has 1 heterocycles. The molecule has 4 rings (SSSR count). The lowest BCUT2D eigenvalue weighted by molar-refractivity contribution is -0.129. The first-order chi connectivity index (χ1) is 18.0. The predicted octanol–water partition coefficient (Wildman–Crippen LogP) is 6.72. The van der Waals surface area contributed by atoms with Gasteiger partial charge < -0.3 is 15.0 Å². The number of likely N-dealkylation sites (tertiary alicyclic amines) is 1. The average molecular weight is 507 g/mol. The molecule has 1 N–H and O–H groups in total. The van der Waals surface area contributed by atoms with E-state index in [9.17, 15) is 14.4 Å². The van der Waals surface area contributed by atoms with Gasteiger partial charge in [0, 0.05) is 18.7 Å². The molecule has 0 aromatic heterocycles. The maximum atomic E-state index is 12.4. The number of amides is 2. The molecule has 1 aliphatic rings. The summed E-state index contributed by atoms with van der Waals surface area (Å²) in [6.07, 6.45) is 2.06. The van der Waals surface area contributed by atoms with Crippen LogP contribution in [0, 0.1) is 0 Å². The van der Waals surface area contributed by atoms with Gasteiger partial charge in [-0.3, -0.25) is 9.59 Å². The standard InChI is InChI=1S/C25H24N2O4.3C2H6/c1-31-25(30)22-11-10-20-14-19(8-9-21(20)15-22)17-4-6-18(7-5-17)24(29)26-16-23(28)27-12-2-3-13-27;3*1-2/h4-11,14-15H,2-3,12-13,16H2,1H3,(H,26,29);3*1-2H3. The number of hydrogen-bond acceptors (Lipinski definition) is 4. The summed E-state index contributed by atoms with van der Waals surface area (Å²) in [5.74, 6) is -0.649. The highest BCUT2D eigenvalue weighted by Crippen LogP contribution is 2.26. The first-order valence-electron chi connectivity index (χ1n) is 13.3. The van der Waals surface area contributed by atoms with E-state index in [0.29, 0.717) is 11.1 Å². The van der Waals surface area contributed by atoms with Crippen LogP contribution in [-0.4, -0.2) is 49.4 Å². The largest absolute Gasteiger partial charge is 0.465 e. The molecule has 1 fully saturated rings. The van der Waals surface area contributed by atoms with Crippen molar-refractivity contribution in [3.63, 3.8) is 0 Å². The Morgan fingerprint density at radius 3 is 1.84 bits per heavy atom. The third-order valence-electron chi connectivity index (χ3n) is 5.60. The van der Waals surface area contributed by atoms with Gasteiger partial charge in [0.1, 0.15) is 0 Å². The molecule has 6 heteroatoms. The van der Waals surface area contributed by atoms with Gasteiger partial charge >= 0.3 is 5.97 Å². The molecule has 200 valence electrons. The number of benzene rings is 3. The monoisotopic (exact) mass is 506 g/mol. The summed E-state index contributed by atoms with van der Waals surface area (Å²) >= 11 is 0. The van der Waals surface area contributed by atoms with Crippen LogP contribution in [0.3, 0.4) is 0 Å². The zero-order chi connectivity index (χ0) is 27.8. The van der Waals surface area contributed by atoms with Crippen LogP contribution >= 0.6 is 0 Å². The van der Waals surface area contributed by atoms with Crippen LogP contribution in [0.1, 0.15) is 75.1 Å². The molecule has 2 amide bonds. The number of nitrogens with one attached hydrogen (secondary N) is 1. The Morgan fingerprint density at radius 1 is 0.730 bits per heavy atom. The molecule has 37 heavy (non-hydrogen) atoms. The van der Waals surface area contributed by atoms with Crippen molar-refractivity contribution < 1.29 is 19.1 Å². The van der Waals surface area contributed by atoms with Crippen LogP contribution < -0.4 is 5.32 Å². The van der Waals surface area contributed by atoms with Crippen LogP contribution in [0.15, 0.2) is 60.7 Å². The second-order valence-electron chi connectivity index (χ2n) is 7.62. The van der Waals surface area contributed by atoms with Crippen molar-refractivity contribution in [1.29, 1.82) is 0 Å². The molecule has 0 radical (unpaired) electrons. The van der Waals surface area contributed by atoms with Gasteiger partial charge in [-0.2, -0.15) is 0 Å². The molecule has 0 aliphatic carbocycles. The zero-order valence-corrected chi connectivity index (χ0v) is 23.4. The van der Waals surface area contributed by atoms with Crippen molar-refractivity contribution in [2.24, 2.45) is 0 Å². The highest BCUT2D eigenvalue weighted by atomic mass is 16.5. The number of carbonyl (C=O) groups excluding carboxylic acids is 3. The minimum atomic E-state index is -0.359. The second kappa shape index (κ2) is 16.9. The number of hydrogen-bond donors (Lipinski definition) is 1. The molecule has 0 spiro atoms. The number of carbonyl (C=O) groups is 3. The smallest absolute Gasteiger partial charge is 0.337 e. The van der Waals surface area contributed by atoms with Crippen molar-refractivity contribution in [2.75, 3.05) is 26.7 Å². The van der Waals surface area contributed by atoms with E-state index >= 15 is 0 Å². The number of ether oxygens (including phenoxy) is 1. The maximum absolute atomic E-state index is 12.4. The highest BCUT2D eigenvalue weighted by molar-refractivity contribution is 5.98. The Balaban J connectivity index is 0.00000106. The van der Waals surface area contributed by atoms with E-state index in [-0.39, 0.29) is 24.3 Å². The molecule has 0 bridgehead atoms. The third-order valence-corrected chi connectivity index (χ3v) is 5.60. The summed E-state index contributed by atoms with van der Waals surface area (Å²) in [6.45, 7) is 13.6. The van der Waals surface area contributed by atoms with E-state index < -0.39 is 0 Å². The minimum Gasteiger partial charge on any atom is -0.465 e. The zero-order valence-electron chi connectivity index (χ0n) is 23.4. The van der Waals surface area contributed by atoms with Crippen LogP contribution in [-0.2, 0) is 9.53 Å². The van der Waals surface area contributed by atoms with Gasteiger partial charge in [-0.1, -0.05) is 71.9 Å². The molecule has 3 aromatic carbocycles. The topological polar surface area (TPSA) is 75.7 Å². The van der Waals surface area contributed by atoms with E-state index in [4.69, 9.17) is 4.74 Å². The van der Waals surface area contributed by atoms with Gasteiger partial charge in [0.15, 0.2) is 0 Å². The molecular weight excluding hydrogens is 464 g/mol. The molecule has 1 aliphatic heterocycles. The van der Waals surface area contributed by atoms with E-state index in [2.05, 4.69) is 5.32 Å². The number of methoxy groups -OCH3 is 1. The molecule has 6 nitrogen and oxygen atoms in total. The van der Waals surface area contributed by atoms with Crippen molar-refractivity contribution >= 4 is 28.6 Å². The summed E-state index contributed by atoms with van der Waals surface area (Å²) < 4.78 is 4.77. The summed E-state index contributed by atoms with van der Waals surface area (Å²) in [7, 11) is 1.37. The van der Waals surface area contributed by atoms with E-state index in [0.717, 1.165) is 47.8 Å². The fourth-order valence-electron chi connectivity index (χ4n) is 3.82. The summed E-state index contributed by atoms with van der Waals surface area (Å²) in [5.41, 5.74) is 3.01. The summed E-state index contributed by atoms with van der Waals surface area (Å²) in [5, 5.41) is 4.67. The van der Waals surface area contributed by atoms with E-state index in [1.807, 2.05) is 84.0 Å². The van der Waals surface area contributed by atoms with Gasteiger partial charge in [0.2, 0.25) is 5.91 Å². The lowest BCUT2D eigenvalue weighted by Gasteiger charge is -2.15. The van der Waals surface area contributed by atoms with Crippen LogP contribution in [0.5, 0.6) is 0 Å². The first-order valence-corrected chi connectivity index (χ1v) is 13.3. The number of rotatable bonds is 5. The predicted molar refractivity (Wildman–Crippen MR) is 153 cm³/mol. The fourth-order valence-corrected chi connectivity index (χ4v) is 3.82. The van der Waals surface area contributed by atoms with E-state index in [1.54, 1.807) is 23.1 Å². The molecule has 3 aromatic rings. The normalized spacial score (nSPS) is 11.6. The second-order valence-corrected chi connectivity index (χ2v) is 7.62.